The molecule has 8 nitrogen and oxygen atoms in total. The molecule has 0 atom stereocenters. The average molecular weight is 566 g/mol. The first-order valence-corrected chi connectivity index (χ1v) is 13.5. The number of hydrogen-bond acceptors (Lipinski definition) is 6. The smallest absolute Gasteiger partial charge is 0.332 e. The molecular formula is C30H33ClFN5O3. The van der Waals surface area contributed by atoms with Gasteiger partial charge in [0.05, 0.1) is 17.8 Å². The summed E-state index contributed by atoms with van der Waals surface area (Å²) in [7, 11) is 3.19. The topological polar surface area (TPSA) is 75.8 Å². The van der Waals surface area contributed by atoms with Crippen LogP contribution < -0.4 is 15.3 Å². The minimum Gasteiger partial charge on any atom is -0.507 e. The number of phenols is 1. The van der Waals surface area contributed by atoms with E-state index in [0.29, 0.717) is 39.1 Å². The second-order valence-corrected chi connectivity index (χ2v) is 11.4. The third-order valence-electron chi connectivity index (χ3n) is 7.40. The number of phenolic OH excluding ortho intramolecular Hbond substituents is 1. The number of ether oxygens (including phenoxy) is 1. The van der Waals surface area contributed by atoms with Gasteiger partial charge in [0.25, 0.3) is 0 Å². The van der Waals surface area contributed by atoms with Crippen LogP contribution in [0.2, 0.25) is 5.02 Å². The van der Waals surface area contributed by atoms with E-state index < -0.39 is 5.82 Å². The lowest BCUT2D eigenvalue weighted by molar-refractivity contribution is 0.128. The number of piperazine rings is 1. The number of aromatic hydroxyl groups is 1. The van der Waals surface area contributed by atoms with E-state index in [1.165, 1.54) is 28.4 Å². The number of aromatic nitrogens is 3. The number of rotatable bonds is 5. The summed E-state index contributed by atoms with van der Waals surface area (Å²) < 4.78 is 23.4. The minimum atomic E-state index is -0.515. The Morgan fingerprint density at radius 3 is 2.23 bits per heavy atom. The highest BCUT2D eigenvalue weighted by atomic mass is 35.5. The Labute approximate surface area is 237 Å². The van der Waals surface area contributed by atoms with E-state index in [0.717, 1.165) is 26.2 Å². The highest BCUT2D eigenvalue weighted by molar-refractivity contribution is 6.32. The number of benzene rings is 2. The molecule has 3 heterocycles. The largest absolute Gasteiger partial charge is 0.507 e. The molecule has 0 amide bonds. The Balaban J connectivity index is 1.52. The van der Waals surface area contributed by atoms with Gasteiger partial charge < -0.3 is 19.3 Å². The number of halogens is 2. The second kappa shape index (κ2) is 10.6. The van der Waals surface area contributed by atoms with Crippen molar-refractivity contribution in [3.05, 3.63) is 76.2 Å². The first-order valence-electron chi connectivity index (χ1n) is 13.1. The van der Waals surface area contributed by atoms with Crippen LogP contribution in [0.15, 0.2) is 59.7 Å². The fraction of sp³-hybridized carbons (Fsp3) is 0.333. The van der Waals surface area contributed by atoms with Crippen LogP contribution in [-0.2, 0) is 7.05 Å². The third kappa shape index (κ3) is 5.31. The van der Waals surface area contributed by atoms with Gasteiger partial charge in [0.2, 0.25) is 5.88 Å². The molecule has 210 valence electrons. The summed E-state index contributed by atoms with van der Waals surface area (Å²) in [6.07, 6.45) is 3.26. The van der Waals surface area contributed by atoms with E-state index in [2.05, 4.69) is 35.6 Å². The van der Waals surface area contributed by atoms with Crippen LogP contribution in [-0.4, -0.2) is 63.0 Å². The fourth-order valence-electron chi connectivity index (χ4n) is 5.08. The van der Waals surface area contributed by atoms with Crippen LogP contribution in [0.3, 0.4) is 0 Å². The Kier molecular flexibility index (Phi) is 7.37. The molecule has 40 heavy (non-hydrogen) atoms. The third-order valence-corrected chi connectivity index (χ3v) is 7.70. The van der Waals surface area contributed by atoms with Gasteiger partial charge in [0.15, 0.2) is 0 Å². The molecular weight excluding hydrogens is 533 g/mol. The lowest BCUT2D eigenvalue weighted by atomic mass is 9.97. The highest BCUT2D eigenvalue weighted by Gasteiger charge is 2.27. The molecule has 4 aromatic rings. The van der Waals surface area contributed by atoms with Gasteiger partial charge in [-0.05, 0) is 62.2 Å². The maximum Gasteiger partial charge on any atom is 0.332 e. The first kappa shape index (κ1) is 27.7. The number of imidazole rings is 1. The maximum absolute atomic E-state index is 15.0. The van der Waals surface area contributed by atoms with Gasteiger partial charge in [-0.15, -0.1) is 0 Å². The number of methoxy groups -OCH3 is 1. The van der Waals surface area contributed by atoms with Crippen molar-refractivity contribution in [1.29, 1.82) is 0 Å². The van der Waals surface area contributed by atoms with Crippen LogP contribution in [0, 0.1) is 5.82 Å². The number of anilines is 1. The van der Waals surface area contributed by atoms with Crippen LogP contribution in [0.25, 0.3) is 27.9 Å². The molecule has 1 aliphatic rings. The first-order chi connectivity index (χ1) is 19.0. The molecule has 2 aromatic heterocycles. The molecule has 1 saturated heterocycles. The van der Waals surface area contributed by atoms with Crippen molar-refractivity contribution in [2.45, 2.75) is 26.3 Å². The monoisotopic (exact) mass is 565 g/mol. The van der Waals surface area contributed by atoms with Gasteiger partial charge in [-0.2, -0.15) is 4.98 Å². The standard InChI is InChI=1S/C30H33ClFN5O3/c1-30(2,3)36-11-9-35(10-12-36)26-15-20(16-27(33-26)40-5)23-18-21(32)17-22(28(23)38)19-6-7-25(24(31)14-19)37-13-8-34(4)29(37)39/h6-8,13-18,38H,9-12H2,1-5H3. The maximum atomic E-state index is 15.0. The summed E-state index contributed by atoms with van der Waals surface area (Å²) in [5, 5.41) is 11.7. The summed E-state index contributed by atoms with van der Waals surface area (Å²) in [5.74, 6) is 0.461. The predicted molar refractivity (Wildman–Crippen MR) is 156 cm³/mol. The van der Waals surface area contributed by atoms with Crippen LogP contribution in [0.4, 0.5) is 10.2 Å². The number of pyridine rings is 1. The Morgan fingerprint density at radius 1 is 0.975 bits per heavy atom. The van der Waals surface area contributed by atoms with Crippen molar-refractivity contribution in [2.75, 3.05) is 38.2 Å². The minimum absolute atomic E-state index is 0.0843. The fourth-order valence-corrected chi connectivity index (χ4v) is 5.35. The molecule has 2 aromatic carbocycles. The normalized spacial score (nSPS) is 14.5. The molecule has 0 aliphatic carbocycles. The van der Waals surface area contributed by atoms with E-state index in [1.807, 2.05) is 6.07 Å². The Morgan fingerprint density at radius 2 is 1.65 bits per heavy atom. The molecule has 0 spiro atoms. The summed E-state index contributed by atoms with van der Waals surface area (Å²) in [5.41, 5.74) is 2.01. The summed E-state index contributed by atoms with van der Waals surface area (Å²) in [4.78, 5) is 21.6. The molecule has 0 radical (unpaired) electrons. The van der Waals surface area contributed by atoms with Crippen molar-refractivity contribution in [2.24, 2.45) is 7.05 Å². The van der Waals surface area contributed by atoms with E-state index in [1.54, 1.807) is 43.7 Å². The van der Waals surface area contributed by atoms with Gasteiger partial charge in [-0.1, -0.05) is 17.7 Å². The van der Waals surface area contributed by atoms with E-state index >= 15 is 4.39 Å². The van der Waals surface area contributed by atoms with Crippen molar-refractivity contribution in [1.82, 2.24) is 19.0 Å². The quantitative estimate of drug-likeness (QED) is 0.352. The highest BCUT2D eigenvalue weighted by Crippen LogP contribution is 2.42. The molecule has 5 rings (SSSR count). The second-order valence-electron chi connectivity index (χ2n) is 11.0. The average Bonchev–Trinajstić information content (AvgIpc) is 3.26. The Bertz CT molecular complexity index is 1620. The zero-order valence-electron chi connectivity index (χ0n) is 23.3. The van der Waals surface area contributed by atoms with Crippen molar-refractivity contribution >= 4 is 17.4 Å². The lowest BCUT2D eigenvalue weighted by Crippen LogP contribution is -2.53. The Hall–Kier alpha value is -3.82. The van der Waals surface area contributed by atoms with Gasteiger partial charge in [0, 0.05) is 68.4 Å². The molecule has 0 unspecified atom stereocenters. The van der Waals surface area contributed by atoms with Crippen molar-refractivity contribution in [3.8, 4) is 39.6 Å². The zero-order chi connectivity index (χ0) is 28.8. The van der Waals surface area contributed by atoms with Crippen LogP contribution >= 0.6 is 11.6 Å². The van der Waals surface area contributed by atoms with Gasteiger partial charge >= 0.3 is 5.69 Å². The number of aryl methyl sites for hydroxylation is 1. The van der Waals surface area contributed by atoms with Crippen LogP contribution in [0.5, 0.6) is 11.6 Å². The SMILES string of the molecule is COc1cc(-c2cc(F)cc(-c3ccc(-n4ccn(C)c4=O)c(Cl)c3)c2O)cc(N2CCN(C(C)(C)C)CC2)n1. The summed E-state index contributed by atoms with van der Waals surface area (Å²) in [6, 6.07) is 11.1. The van der Waals surface area contributed by atoms with E-state index in [4.69, 9.17) is 16.3 Å². The summed E-state index contributed by atoms with van der Waals surface area (Å²) >= 11 is 6.55. The van der Waals surface area contributed by atoms with Gasteiger partial charge in [-0.3, -0.25) is 9.47 Å². The van der Waals surface area contributed by atoms with Crippen molar-refractivity contribution in [3.63, 3.8) is 0 Å². The molecule has 1 aliphatic heterocycles. The van der Waals surface area contributed by atoms with E-state index in [9.17, 15) is 9.90 Å². The molecule has 10 heteroatoms. The van der Waals surface area contributed by atoms with Crippen molar-refractivity contribution < 1.29 is 14.2 Å². The van der Waals surface area contributed by atoms with Gasteiger partial charge in [0.1, 0.15) is 17.4 Å². The zero-order valence-corrected chi connectivity index (χ0v) is 24.0. The molecule has 0 saturated carbocycles. The predicted octanol–water partition coefficient (Wildman–Crippen LogP) is 5.33. The molecule has 1 N–H and O–H groups in total. The lowest BCUT2D eigenvalue weighted by Gasteiger charge is -2.42. The molecule has 0 bridgehead atoms. The molecule has 1 fully saturated rings. The van der Waals surface area contributed by atoms with Gasteiger partial charge in [-0.25, -0.2) is 9.18 Å². The number of nitrogens with zero attached hydrogens (tertiary/aromatic N) is 5. The van der Waals surface area contributed by atoms with E-state index in [-0.39, 0.29) is 22.5 Å². The number of hydrogen-bond donors (Lipinski definition) is 1. The summed E-state index contributed by atoms with van der Waals surface area (Å²) in [6.45, 7) is 9.96. The van der Waals surface area contributed by atoms with Crippen LogP contribution in [0.1, 0.15) is 20.8 Å².